The molecule has 3 fully saturated rings. The van der Waals surface area contributed by atoms with Crippen LogP contribution < -0.4 is 10.1 Å². The molecule has 0 amide bonds. The van der Waals surface area contributed by atoms with Gasteiger partial charge in [0.25, 0.3) is 0 Å². The van der Waals surface area contributed by atoms with Crippen molar-refractivity contribution in [1.29, 1.82) is 0 Å². The van der Waals surface area contributed by atoms with Gasteiger partial charge in [0.1, 0.15) is 11.6 Å². The third-order valence-corrected chi connectivity index (χ3v) is 7.83. The van der Waals surface area contributed by atoms with Crippen molar-refractivity contribution in [2.45, 2.75) is 63.3 Å². The van der Waals surface area contributed by atoms with Crippen molar-refractivity contribution in [3.8, 4) is 5.88 Å². The van der Waals surface area contributed by atoms with E-state index in [0.717, 1.165) is 94.8 Å². The van der Waals surface area contributed by atoms with E-state index in [4.69, 9.17) is 24.2 Å². The minimum Gasteiger partial charge on any atom is -0.473 e. The van der Waals surface area contributed by atoms with Crippen molar-refractivity contribution >= 4 is 22.7 Å². The number of aliphatic hydroxyl groups excluding tert-OH is 1. The van der Waals surface area contributed by atoms with E-state index in [0.29, 0.717) is 30.5 Å². The average molecular weight is 512 g/mol. The Labute approximate surface area is 216 Å². The summed E-state index contributed by atoms with van der Waals surface area (Å²) in [6.07, 6.45) is 12.0. The van der Waals surface area contributed by atoms with E-state index in [-0.39, 0.29) is 12.7 Å². The van der Waals surface area contributed by atoms with Crippen LogP contribution in [-0.2, 0) is 16.0 Å². The van der Waals surface area contributed by atoms with Gasteiger partial charge >= 0.3 is 0 Å². The lowest BCUT2D eigenvalue weighted by atomic mass is 9.91. The second-order valence-electron chi connectivity index (χ2n) is 10.2. The Hall–Kier alpha value is -2.73. The fourth-order valence-electron chi connectivity index (χ4n) is 5.81. The first kappa shape index (κ1) is 24.6. The van der Waals surface area contributed by atoms with Gasteiger partial charge in [0.15, 0.2) is 0 Å². The molecule has 0 spiro atoms. The van der Waals surface area contributed by atoms with Crippen molar-refractivity contribution < 1.29 is 19.3 Å². The molecule has 3 aliphatic rings. The van der Waals surface area contributed by atoms with E-state index >= 15 is 0 Å². The van der Waals surface area contributed by atoms with Gasteiger partial charge in [0.2, 0.25) is 11.8 Å². The molecule has 2 aliphatic heterocycles. The third-order valence-electron chi connectivity index (χ3n) is 7.83. The van der Waals surface area contributed by atoms with Crippen molar-refractivity contribution in [1.82, 2.24) is 29.2 Å². The van der Waals surface area contributed by atoms with E-state index in [1.54, 1.807) is 0 Å². The number of morpholine rings is 1. The molecule has 200 valence electrons. The first-order chi connectivity index (χ1) is 18.3. The fraction of sp³-hybridized carbons (Fsp3) is 0.654. The number of hydrogen-bond acceptors (Lipinski definition) is 9. The van der Waals surface area contributed by atoms with Gasteiger partial charge in [-0.1, -0.05) is 0 Å². The minimum atomic E-state index is 0.0409. The monoisotopic (exact) mass is 511 g/mol. The van der Waals surface area contributed by atoms with Crippen LogP contribution in [0.1, 0.15) is 44.6 Å². The predicted octanol–water partition coefficient (Wildman–Crippen LogP) is 2.74. The number of aliphatic hydroxyl groups is 1. The Morgan fingerprint density at radius 2 is 1.76 bits per heavy atom. The van der Waals surface area contributed by atoms with Gasteiger partial charge in [0.05, 0.1) is 43.3 Å². The van der Waals surface area contributed by atoms with Gasteiger partial charge in [-0.15, -0.1) is 0 Å². The van der Waals surface area contributed by atoms with Crippen molar-refractivity contribution in [2.24, 2.45) is 0 Å². The average Bonchev–Trinajstić information content (AvgIpc) is 3.58. The zero-order chi connectivity index (χ0) is 25.0. The summed E-state index contributed by atoms with van der Waals surface area (Å²) >= 11 is 0. The number of nitrogens with one attached hydrogen (secondary N) is 1. The Bertz CT molecular complexity index is 1160. The SMILES string of the molecule is OCCn1ccc2nc(Nc3cnn(C4CCOCC4)c3)nc(O[C@H]3CC[C@H](N4CCOCC4)CC3)c21. The molecule has 11 heteroatoms. The topological polar surface area (TPSA) is 112 Å². The summed E-state index contributed by atoms with van der Waals surface area (Å²) in [5, 5.41) is 17.5. The lowest BCUT2D eigenvalue weighted by Crippen LogP contribution is -2.46. The molecule has 0 bridgehead atoms. The number of anilines is 2. The summed E-state index contributed by atoms with van der Waals surface area (Å²) in [4.78, 5) is 12.1. The van der Waals surface area contributed by atoms with Crippen LogP contribution in [0.4, 0.5) is 11.6 Å². The maximum atomic E-state index is 9.58. The lowest BCUT2D eigenvalue weighted by Gasteiger charge is -2.38. The van der Waals surface area contributed by atoms with Crippen molar-refractivity contribution in [3.63, 3.8) is 0 Å². The number of aromatic nitrogens is 5. The van der Waals surface area contributed by atoms with Gasteiger partial charge in [-0.3, -0.25) is 9.58 Å². The molecule has 3 aromatic rings. The highest BCUT2D eigenvalue weighted by molar-refractivity contribution is 5.82. The number of ether oxygens (including phenoxy) is 3. The van der Waals surface area contributed by atoms with Crippen LogP contribution in [0.15, 0.2) is 24.7 Å². The molecule has 0 atom stereocenters. The van der Waals surface area contributed by atoms with Crippen molar-refractivity contribution in [3.05, 3.63) is 24.7 Å². The number of fused-ring (bicyclic) bond motifs is 1. The van der Waals surface area contributed by atoms with E-state index in [9.17, 15) is 5.11 Å². The van der Waals surface area contributed by atoms with Gasteiger partial charge < -0.3 is 29.2 Å². The standard InChI is InChI=1S/C26H37N7O4/c34-12-9-32-8-5-23-24(32)25(37-22-3-1-20(2-4-22)31-10-15-36-16-11-31)30-26(29-23)28-19-17-27-33(18-19)21-6-13-35-14-7-21/h5,8,17-18,20-22,34H,1-4,6-7,9-16H2,(H,28,29,30)/t20-,22-. The zero-order valence-electron chi connectivity index (χ0n) is 21.3. The highest BCUT2D eigenvalue weighted by atomic mass is 16.5. The molecular formula is C26H37N7O4. The van der Waals surface area contributed by atoms with Crippen molar-refractivity contribution in [2.75, 3.05) is 51.4 Å². The van der Waals surface area contributed by atoms with Crippen LogP contribution in [0.2, 0.25) is 0 Å². The molecule has 11 nitrogen and oxygen atoms in total. The Morgan fingerprint density at radius 3 is 2.54 bits per heavy atom. The first-order valence-electron chi connectivity index (χ1n) is 13.6. The summed E-state index contributed by atoms with van der Waals surface area (Å²) in [5.41, 5.74) is 2.46. The van der Waals surface area contributed by atoms with Crippen LogP contribution >= 0.6 is 0 Å². The van der Waals surface area contributed by atoms with E-state index in [1.165, 1.54) is 0 Å². The Kier molecular flexibility index (Phi) is 7.54. The largest absolute Gasteiger partial charge is 0.473 e. The fourth-order valence-corrected chi connectivity index (χ4v) is 5.81. The van der Waals surface area contributed by atoms with E-state index in [1.807, 2.05) is 33.9 Å². The molecule has 3 aromatic heterocycles. The summed E-state index contributed by atoms with van der Waals surface area (Å²) in [6, 6.07) is 2.91. The van der Waals surface area contributed by atoms with Gasteiger partial charge in [-0.05, 0) is 44.6 Å². The minimum absolute atomic E-state index is 0.0409. The lowest BCUT2D eigenvalue weighted by molar-refractivity contribution is -0.00127. The number of nitrogens with zero attached hydrogens (tertiary/aromatic N) is 6. The summed E-state index contributed by atoms with van der Waals surface area (Å²) in [7, 11) is 0. The molecule has 2 N–H and O–H groups in total. The second kappa shape index (κ2) is 11.3. The van der Waals surface area contributed by atoms with Gasteiger partial charge in [-0.25, -0.2) is 4.98 Å². The summed E-state index contributed by atoms with van der Waals surface area (Å²) in [5.74, 6) is 1.05. The molecule has 5 heterocycles. The third kappa shape index (κ3) is 5.59. The molecule has 0 radical (unpaired) electrons. The molecule has 0 aromatic carbocycles. The molecular weight excluding hydrogens is 474 g/mol. The van der Waals surface area contributed by atoms with Crippen LogP contribution in [0.3, 0.4) is 0 Å². The highest BCUT2D eigenvalue weighted by Gasteiger charge is 2.29. The molecule has 2 saturated heterocycles. The molecule has 6 rings (SSSR count). The van der Waals surface area contributed by atoms with Crippen LogP contribution in [0.25, 0.3) is 11.0 Å². The smallest absolute Gasteiger partial charge is 0.243 e. The zero-order valence-corrected chi connectivity index (χ0v) is 21.3. The normalized spacial score (nSPS) is 23.9. The maximum Gasteiger partial charge on any atom is 0.243 e. The summed E-state index contributed by atoms with van der Waals surface area (Å²) < 4.78 is 21.5. The molecule has 0 unspecified atom stereocenters. The van der Waals surface area contributed by atoms with Crippen LogP contribution in [0.5, 0.6) is 5.88 Å². The highest BCUT2D eigenvalue weighted by Crippen LogP contribution is 2.32. The Balaban J connectivity index is 1.18. The quantitative estimate of drug-likeness (QED) is 0.471. The van der Waals surface area contributed by atoms with Gasteiger partial charge in [-0.2, -0.15) is 10.1 Å². The molecule has 1 saturated carbocycles. The van der Waals surface area contributed by atoms with Crippen LogP contribution in [-0.4, -0.2) is 92.6 Å². The molecule has 37 heavy (non-hydrogen) atoms. The van der Waals surface area contributed by atoms with Gasteiger partial charge in [0, 0.05) is 51.3 Å². The number of rotatable bonds is 8. The summed E-state index contributed by atoms with van der Waals surface area (Å²) in [6.45, 7) is 5.77. The first-order valence-corrected chi connectivity index (χ1v) is 13.6. The number of hydrogen-bond donors (Lipinski definition) is 2. The second-order valence-corrected chi connectivity index (χ2v) is 10.2. The predicted molar refractivity (Wildman–Crippen MR) is 138 cm³/mol. The van der Waals surface area contributed by atoms with E-state index < -0.39 is 0 Å². The molecule has 1 aliphatic carbocycles. The maximum absolute atomic E-state index is 9.58. The van der Waals surface area contributed by atoms with Crippen LogP contribution in [0, 0.1) is 0 Å². The van der Waals surface area contributed by atoms with E-state index in [2.05, 4.69) is 15.3 Å². The Morgan fingerprint density at radius 1 is 0.973 bits per heavy atom.